The molecule has 0 aromatic heterocycles. The maximum atomic E-state index is 13.0. The number of amides is 1. The van der Waals surface area contributed by atoms with E-state index in [0.29, 0.717) is 18.7 Å². The van der Waals surface area contributed by atoms with Gasteiger partial charge in [0, 0.05) is 18.7 Å². The van der Waals surface area contributed by atoms with Crippen molar-refractivity contribution in [1.29, 1.82) is 0 Å². The van der Waals surface area contributed by atoms with Crippen LogP contribution in [0.3, 0.4) is 0 Å². The van der Waals surface area contributed by atoms with Crippen molar-refractivity contribution in [3.63, 3.8) is 0 Å². The van der Waals surface area contributed by atoms with E-state index in [0.717, 1.165) is 29.8 Å². The lowest BCUT2D eigenvalue weighted by Crippen LogP contribution is -2.47. The molecule has 1 aliphatic rings. The maximum Gasteiger partial charge on any atom is 0.268 e. The number of nitrogens with zero attached hydrogens (tertiary/aromatic N) is 1. The van der Waals surface area contributed by atoms with Gasteiger partial charge in [-0.25, -0.2) is 0 Å². The van der Waals surface area contributed by atoms with E-state index < -0.39 is 6.10 Å². The summed E-state index contributed by atoms with van der Waals surface area (Å²) < 4.78 is 6.02. The molecule has 0 aliphatic carbocycles. The highest BCUT2D eigenvalue weighted by Crippen LogP contribution is 2.36. The van der Waals surface area contributed by atoms with Crippen molar-refractivity contribution in [3.8, 4) is 5.75 Å². The summed E-state index contributed by atoms with van der Waals surface area (Å²) in [4.78, 5) is 14.8. The Morgan fingerprint density at radius 1 is 1.21 bits per heavy atom. The molecule has 1 unspecified atom stereocenters. The minimum atomic E-state index is -0.487. The normalized spacial score (nSPS) is 16.7. The van der Waals surface area contributed by atoms with E-state index in [1.807, 2.05) is 35.2 Å². The molecule has 1 atom stereocenters. The van der Waals surface area contributed by atoms with Crippen LogP contribution in [-0.4, -0.2) is 18.6 Å². The zero-order valence-corrected chi connectivity index (χ0v) is 14.3. The number of benzene rings is 2. The molecule has 2 aromatic carbocycles. The molecule has 4 nitrogen and oxygen atoms in total. The fourth-order valence-corrected chi connectivity index (χ4v) is 3.06. The van der Waals surface area contributed by atoms with Gasteiger partial charge in [-0.15, -0.1) is 0 Å². The second-order valence-electron chi connectivity index (χ2n) is 6.31. The first kappa shape index (κ1) is 16.4. The van der Waals surface area contributed by atoms with Crippen LogP contribution in [-0.2, 0) is 11.2 Å². The number of ether oxygens (including phenoxy) is 1. The van der Waals surface area contributed by atoms with Crippen molar-refractivity contribution in [1.82, 2.24) is 0 Å². The zero-order chi connectivity index (χ0) is 17.1. The van der Waals surface area contributed by atoms with Gasteiger partial charge in [-0.1, -0.05) is 37.6 Å². The predicted octanol–water partition coefficient (Wildman–Crippen LogP) is 3.71. The van der Waals surface area contributed by atoms with Crippen LogP contribution in [0.25, 0.3) is 0 Å². The Kier molecular flexibility index (Phi) is 4.74. The van der Waals surface area contributed by atoms with Gasteiger partial charge in [0.1, 0.15) is 5.75 Å². The van der Waals surface area contributed by atoms with Crippen molar-refractivity contribution in [2.24, 2.45) is 0 Å². The summed E-state index contributed by atoms with van der Waals surface area (Å²) >= 11 is 0. The number of nitrogens with two attached hydrogens (primary N) is 1. The highest BCUT2D eigenvalue weighted by molar-refractivity contribution is 6.00. The minimum Gasteiger partial charge on any atom is -0.478 e. The predicted molar refractivity (Wildman–Crippen MR) is 97.4 cm³/mol. The van der Waals surface area contributed by atoms with E-state index in [1.165, 1.54) is 5.56 Å². The number of carbonyl (C=O) groups is 1. The Morgan fingerprint density at radius 2 is 2.00 bits per heavy atom. The lowest BCUT2D eigenvalue weighted by atomic mass is 10.0. The average Bonchev–Trinajstić information content (AvgIpc) is 2.57. The van der Waals surface area contributed by atoms with Gasteiger partial charge < -0.3 is 15.4 Å². The number of unbranched alkanes of at least 4 members (excludes halogenated alkanes) is 1. The lowest BCUT2D eigenvalue weighted by molar-refractivity contribution is -0.126. The Bertz CT molecular complexity index is 742. The number of aryl methyl sites for hydroxylation is 1. The minimum absolute atomic E-state index is 0.0183. The second-order valence-corrected chi connectivity index (χ2v) is 6.31. The zero-order valence-electron chi connectivity index (χ0n) is 14.3. The Labute approximate surface area is 143 Å². The molecule has 1 amide bonds. The second kappa shape index (κ2) is 6.95. The number of anilines is 2. The van der Waals surface area contributed by atoms with Gasteiger partial charge in [0.2, 0.25) is 0 Å². The first-order chi connectivity index (χ1) is 11.6. The summed E-state index contributed by atoms with van der Waals surface area (Å²) in [5, 5.41) is 0. The lowest BCUT2D eigenvalue weighted by Gasteiger charge is -2.35. The highest BCUT2D eigenvalue weighted by Gasteiger charge is 2.34. The third kappa shape index (κ3) is 3.23. The van der Waals surface area contributed by atoms with Gasteiger partial charge in [0.15, 0.2) is 6.10 Å². The van der Waals surface area contributed by atoms with Crippen LogP contribution >= 0.6 is 0 Å². The summed E-state index contributed by atoms with van der Waals surface area (Å²) in [5.41, 5.74) is 9.65. The largest absolute Gasteiger partial charge is 0.478 e. The molecule has 0 spiro atoms. The molecular weight excluding hydrogens is 300 g/mol. The monoisotopic (exact) mass is 324 g/mol. The number of hydrogen-bond acceptors (Lipinski definition) is 3. The van der Waals surface area contributed by atoms with E-state index >= 15 is 0 Å². The van der Waals surface area contributed by atoms with Gasteiger partial charge in [0.05, 0.1) is 5.69 Å². The summed E-state index contributed by atoms with van der Waals surface area (Å²) in [6.45, 7) is 4.88. The first-order valence-corrected chi connectivity index (χ1v) is 8.52. The molecule has 0 saturated heterocycles. The van der Waals surface area contributed by atoms with E-state index in [2.05, 4.69) is 26.0 Å². The van der Waals surface area contributed by atoms with Crippen molar-refractivity contribution in [2.45, 2.75) is 39.2 Å². The SMILES string of the molecule is CCCCN1C(=O)C(Cc2ccccc2C)Oc2ccc(N)cc21. The smallest absolute Gasteiger partial charge is 0.268 e. The van der Waals surface area contributed by atoms with Crippen molar-refractivity contribution in [2.75, 3.05) is 17.2 Å². The van der Waals surface area contributed by atoms with E-state index in [9.17, 15) is 4.79 Å². The van der Waals surface area contributed by atoms with Gasteiger partial charge >= 0.3 is 0 Å². The Balaban J connectivity index is 1.91. The van der Waals surface area contributed by atoms with E-state index in [-0.39, 0.29) is 5.91 Å². The standard InChI is InChI=1S/C20H24N2O2/c1-3-4-11-22-17-13-16(21)9-10-18(17)24-19(20(22)23)12-15-8-6-5-7-14(15)2/h5-10,13,19H,3-4,11-12,21H2,1-2H3. The summed E-state index contributed by atoms with van der Waals surface area (Å²) in [6.07, 6.45) is 2.08. The molecule has 4 heteroatoms. The third-order valence-electron chi connectivity index (χ3n) is 4.49. The van der Waals surface area contributed by atoms with Crippen LogP contribution in [0.5, 0.6) is 5.75 Å². The van der Waals surface area contributed by atoms with Crippen LogP contribution in [0, 0.1) is 6.92 Å². The van der Waals surface area contributed by atoms with Crippen LogP contribution in [0.1, 0.15) is 30.9 Å². The van der Waals surface area contributed by atoms with Gasteiger partial charge in [-0.2, -0.15) is 0 Å². The Morgan fingerprint density at radius 3 is 2.75 bits per heavy atom. The van der Waals surface area contributed by atoms with Crippen LogP contribution in [0.4, 0.5) is 11.4 Å². The van der Waals surface area contributed by atoms with Crippen molar-refractivity contribution < 1.29 is 9.53 Å². The van der Waals surface area contributed by atoms with Gasteiger partial charge in [-0.05, 0) is 42.7 Å². The molecule has 2 aromatic rings. The van der Waals surface area contributed by atoms with Crippen LogP contribution in [0.15, 0.2) is 42.5 Å². The highest BCUT2D eigenvalue weighted by atomic mass is 16.5. The third-order valence-corrected chi connectivity index (χ3v) is 4.49. The molecule has 126 valence electrons. The number of nitrogen functional groups attached to an aromatic ring is 1. The molecule has 0 fully saturated rings. The topological polar surface area (TPSA) is 55.6 Å². The van der Waals surface area contributed by atoms with Crippen LogP contribution < -0.4 is 15.4 Å². The van der Waals surface area contributed by atoms with Gasteiger partial charge in [-0.3, -0.25) is 4.79 Å². The maximum absolute atomic E-state index is 13.0. The number of carbonyl (C=O) groups excluding carboxylic acids is 1. The number of hydrogen-bond donors (Lipinski definition) is 1. The van der Waals surface area contributed by atoms with E-state index in [1.54, 1.807) is 0 Å². The quantitative estimate of drug-likeness (QED) is 0.853. The molecule has 2 N–H and O–H groups in total. The van der Waals surface area contributed by atoms with Crippen molar-refractivity contribution in [3.05, 3.63) is 53.6 Å². The van der Waals surface area contributed by atoms with Crippen molar-refractivity contribution >= 4 is 17.3 Å². The number of fused-ring (bicyclic) bond motifs is 1. The number of rotatable bonds is 5. The molecular formula is C20H24N2O2. The molecule has 1 aliphatic heterocycles. The Hall–Kier alpha value is -2.49. The molecule has 1 heterocycles. The fourth-order valence-electron chi connectivity index (χ4n) is 3.06. The fraction of sp³-hybridized carbons (Fsp3) is 0.350. The molecule has 0 radical (unpaired) electrons. The summed E-state index contributed by atoms with van der Waals surface area (Å²) in [7, 11) is 0. The summed E-state index contributed by atoms with van der Waals surface area (Å²) in [5.74, 6) is 0.753. The first-order valence-electron chi connectivity index (χ1n) is 8.52. The van der Waals surface area contributed by atoms with E-state index in [4.69, 9.17) is 10.5 Å². The molecule has 24 heavy (non-hydrogen) atoms. The molecule has 0 saturated carbocycles. The molecule has 3 rings (SSSR count). The summed E-state index contributed by atoms with van der Waals surface area (Å²) in [6, 6.07) is 13.6. The average molecular weight is 324 g/mol. The van der Waals surface area contributed by atoms with Gasteiger partial charge in [0.25, 0.3) is 5.91 Å². The van der Waals surface area contributed by atoms with Crippen LogP contribution in [0.2, 0.25) is 0 Å². The molecule has 0 bridgehead atoms.